The SMILES string of the molecule is C[C@@H](COC(C)(C)C(F)(F)F)NC(=O)OCc1ccccc1. The summed E-state index contributed by atoms with van der Waals surface area (Å²) in [5, 5.41) is 2.42. The van der Waals surface area contributed by atoms with Crippen LogP contribution in [-0.4, -0.2) is 30.5 Å². The van der Waals surface area contributed by atoms with E-state index in [1.165, 1.54) is 6.92 Å². The number of carbonyl (C=O) groups excluding carboxylic acids is 1. The Morgan fingerprint density at radius 1 is 1.23 bits per heavy atom. The van der Waals surface area contributed by atoms with E-state index in [2.05, 4.69) is 5.32 Å². The normalized spacial score (nSPS) is 13.5. The average molecular weight is 319 g/mol. The van der Waals surface area contributed by atoms with Gasteiger partial charge >= 0.3 is 12.3 Å². The molecule has 0 aromatic heterocycles. The van der Waals surface area contributed by atoms with Crippen LogP contribution in [-0.2, 0) is 16.1 Å². The minimum absolute atomic E-state index is 0.0916. The van der Waals surface area contributed by atoms with Gasteiger partial charge in [-0.1, -0.05) is 30.3 Å². The Morgan fingerprint density at radius 2 is 1.82 bits per heavy atom. The zero-order valence-corrected chi connectivity index (χ0v) is 12.7. The Morgan fingerprint density at radius 3 is 2.36 bits per heavy atom. The molecule has 0 unspecified atom stereocenters. The van der Waals surface area contributed by atoms with Gasteiger partial charge in [0.25, 0.3) is 0 Å². The summed E-state index contributed by atoms with van der Waals surface area (Å²) in [4.78, 5) is 11.5. The van der Waals surface area contributed by atoms with Gasteiger partial charge in [-0.25, -0.2) is 4.79 Å². The Hall–Kier alpha value is -1.76. The maximum absolute atomic E-state index is 12.6. The van der Waals surface area contributed by atoms with Crippen molar-refractivity contribution >= 4 is 6.09 Å². The van der Waals surface area contributed by atoms with Gasteiger partial charge in [0, 0.05) is 0 Å². The molecule has 0 radical (unpaired) electrons. The molecule has 1 aromatic rings. The van der Waals surface area contributed by atoms with Crippen LogP contribution in [0.5, 0.6) is 0 Å². The third-order valence-corrected chi connectivity index (χ3v) is 2.95. The molecule has 0 saturated heterocycles. The number of ether oxygens (including phenoxy) is 2. The van der Waals surface area contributed by atoms with Crippen molar-refractivity contribution in [3.8, 4) is 0 Å². The lowest BCUT2D eigenvalue weighted by atomic mass is 10.1. The molecule has 0 spiro atoms. The number of carbonyl (C=O) groups is 1. The van der Waals surface area contributed by atoms with Crippen molar-refractivity contribution in [2.45, 2.75) is 45.2 Å². The first-order valence-electron chi connectivity index (χ1n) is 6.80. The van der Waals surface area contributed by atoms with Crippen LogP contribution in [0, 0.1) is 0 Å². The quantitative estimate of drug-likeness (QED) is 0.870. The summed E-state index contributed by atoms with van der Waals surface area (Å²) in [5.41, 5.74) is -1.45. The van der Waals surface area contributed by atoms with E-state index >= 15 is 0 Å². The van der Waals surface area contributed by atoms with Gasteiger partial charge in [0.05, 0.1) is 12.6 Å². The monoisotopic (exact) mass is 319 g/mol. The van der Waals surface area contributed by atoms with Gasteiger partial charge < -0.3 is 14.8 Å². The lowest BCUT2D eigenvalue weighted by Crippen LogP contribution is -2.45. The van der Waals surface area contributed by atoms with Crippen molar-refractivity contribution in [2.75, 3.05) is 6.61 Å². The molecule has 22 heavy (non-hydrogen) atoms. The van der Waals surface area contributed by atoms with E-state index in [0.717, 1.165) is 19.4 Å². The Bertz CT molecular complexity index is 475. The Kier molecular flexibility index (Phi) is 6.22. The number of hydrogen-bond acceptors (Lipinski definition) is 3. The van der Waals surface area contributed by atoms with Crippen LogP contribution in [0.1, 0.15) is 26.3 Å². The van der Waals surface area contributed by atoms with Crippen LogP contribution in [0.25, 0.3) is 0 Å². The van der Waals surface area contributed by atoms with Crippen LogP contribution in [0.4, 0.5) is 18.0 Å². The molecular weight excluding hydrogens is 299 g/mol. The van der Waals surface area contributed by atoms with Crippen molar-refractivity contribution < 1.29 is 27.4 Å². The second kappa shape index (κ2) is 7.49. The van der Waals surface area contributed by atoms with Gasteiger partial charge in [-0.3, -0.25) is 0 Å². The highest BCUT2D eigenvalue weighted by molar-refractivity contribution is 5.67. The van der Waals surface area contributed by atoms with Crippen molar-refractivity contribution in [3.05, 3.63) is 35.9 Å². The molecule has 124 valence electrons. The van der Waals surface area contributed by atoms with Gasteiger partial charge in [-0.2, -0.15) is 13.2 Å². The van der Waals surface area contributed by atoms with Crippen LogP contribution in [0.2, 0.25) is 0 Å². The first-order chi connectivity index (χ1) is 10.1. The number of benzene rings is 1. The van der Waals surface area contributed by atoms with E-state index in [-0.39, 0.29) is 13.2 Å². The van der Waals surface area contributed by atoms with E-state index in [0.29, 0.717) is 0 Å². The summed E-state index contributed by atoms with van der Waals surface area (Å²) in [6.45, 7) is 3.23. The molecule has 0 heterocycles. The number of alkyl carbamates (subject to hydrolysis) is 1. The lowest BCUT2D eigenvalue weighted by Gasteiger charge is -2.29. The van der Waals surface area contributed by atoms with E-state index in [1.54, 1.807) is 12.1 Å². The maximum atomic E-state index is 12.6. The highest BCUT2D eigenvalue weighted by Crippen LogP contribution is 2.32. The standard InChI is InChI=1S/C15H20F3NO3/c1-11(9-22-14(2,3)15(16,17)18)19-13(20)21-10-12-7-5-4-6-8-12/h4-8,11H,9-10H2,1-3H3,(H,19,20)/t11-/m0/s1. The molecule has 4 nitrogen and oxygen atoms in total. The third-order valence-electron chi connectivity index (χ3n) is 2.95. The van der Waals surface area contributed by atoms with Gasteiger partial charge in [0.15, 0.2) is 5.60 Å². The minimum atomic E-state index is -4.47. The highest BCUT2D eigenvalue weighted by atomic mass is 19.4. The largest absolute Gasteiger partial charge is 0.445 e. The summed E-state index contributed by atoms with van der Waals surface area (Å²) in [7, 11) is 0. The molecule has 0 aliphatic carbocycles. The summed E-state index contributed by atoms with van der Waals surface area (Å²) in [6.07, 6.45) is -5.18. The first-order valence-corrected chi connectivity index (χ1v) is 6.80. The molecule has 1 aromatic carbocycles. The van der Waals surface area contributed by atoms with Gasteiger partial charge in [0.2, 0.25) is 0 Å². The number of alkyl halides is 3. The number of rotatable bonds is 6. The number of nitrogens with one attached hydrogen (secondary N) is 1. The van der Waals surface area contributed by atoms with Crippen molar-refractivity contribution in [1.82, 2.24) is 5.32 Å². The fourth-order valence-corrected chi connectivity index (χ4v) is 1.42. The van der Waals surface area contributed by atoms with Crippen LogP contribution in [0.15, 0.2) is 30.3 Å². The van der Waals surface area contributed by atoms with Crippen LogP contribution < -0.4 is 5.32 Å². The van der Waals surface area contributed by atoms with Gasteiger partial charge in [-0.05, 0) is 26.3 Å². The van der Waals surface area contributed by atoms with Crippen molar-refractivity contribution in [3.63, 3.8) is 0 Å². The van der Waals surface area contributed by atoms with E-state index in [1.807, 2.05) is 18.2 Å². The fourth-order valence-electron chi connectivity index (χ4n) is 1.42. The van der Waals surface area contributed by atoms with E-state index in [9.17, 15) is 18.0 Å². The van der Waals surface area contributed by atoms with Gasteiger partial charge in [0.1, 0.15) is 6.61 Å². The number of halogens is 3. The Labute approximate surface area is 127 Å². The fraction of sp³-hybridized carbons (Fsp3) is 0.533. The van der Waals surface area contributed by atoms with E-state index in [4.69, 9.17) is 9.47 Å². The molecule has 1 atom stereocenters. The number of amides is 1. The van der Waals surface area contributed by atoms with Crippen LogP contribution >= 0.6 is 0 Å². The predicted octanol–water partition coefficient (Wildman–Crippen LogP) is 3.66. The maximum Gasteiger partial charge on any atom is 0.416 e. The molecule has 0 fully saturated rings. The summed E-state index contributed by atoms with van der Waals surface area (Å²) in [5.74, 6) is 0. The summed E-state index contributed by atoms with van der Waals surface area (Å²) < 4.78 is 47.6. The zero-order valence-electron chi connectivity index (χ0n) is 12.7. The van der Waals surface area contributed by atoms with E-state index < -0.39 is 23.9 Å². The molecule has 7 heteroatoms. The molecule has 0 bridgehead atoms. The molecule has 1 amide bonds. The molecule has 0 saturated carbocycles. The molecule has 1 N–H and O–H groups in total. The van der Waals surface area contributed by atoms with Gasteiger partial charge in [-0.15, -0.1) is 0 Å². The predicted molar refractivity (Wildman–Crippen MR) is 75.3 cm³/mol. The first kappa shape index (κ1) is 18.3. The molecular formula is C15H20F3NO3. The number of hydrogen-bond donors (Lipinski definition) is 1. The highest BCUT2D eigenvalue weighted by Gasteiger charge is 2.48. The van der Waals surface area contributed by atoms with Crippen molar-refractivity contribution in [1.29, 1.82) is 0 Å². The molecule has 0 aliphatic rings. The molecule has 0 aliphatic heterocycles. The zero-order chi connectivity index (χ0) is 16.8. The summed E-state index contributed by atoms with van der Waals surface area (Å²) in [6, 6.07) is 8.45. The summed E-state index contributed by atoms with van der Waals surface area (Å²) >= 11 is 0. The van der Waals surface area contributed by atoms with Crippen LogP contribution in [0.3, 0.4) is 0 Å². The topological polar surface area (TPSA) is 47.6 Å². The lowest BCUT2D eigenvalue weighted by molar-refractivity contribution is -0.264. The second-order valence-corrected chi connectivity index (χ2v) is 5.43. The Balaban J connectivity index is 2.33. The second-order valence-electron chi connectivity index (χ2n) is 5.43. The smallest absolute Gasteiger partial charge is 0.416 e. The van der Waals surface area contributed by atoms with Crippen molar-refractivity contribution in [2.24, 2.45) is 0 Å². The third kappa shape index (κ3) is 5.93. The minimum Gasteiger partial charge on any atom is -0.445 e. The molecule has 1 rings (SSSR count). The average Bonchev–Trinajstić information content (AvgIpc) is 2.43.